The van der Waals surface area contributed by atoms with E-state index in [1.54, 1.807) is 11.0 Å². The van der Waals surface area contributed by atoms with Crippen molar-refractivity contribution in [2.45, 2.75) is 19.3 Å². The summed E-state index contributed by atoms with van der Waals surface area (Å²) >= 11 is 3.26. The van der Waals surface area contributed by atoms with E-state index in [4.69, 9.17) is 4.74 Å². The van der Waals surface area contributed by atoms with E-state index in [-0.39, 0.29) is 18.3 Å². The number of halogens is 2. The lowest BCUT2D eigenvalue weighted by atomic mass is 10.1. The van der Waals surface area contributed by atoms with Gasteiger partial charge in [-0.1, -0.05) is 0 Å². The third kappa shape index (κ3) is 3.45. The summed E-state index contributed by atoms with van der Waals surface area (Å²) in [4.78, 5) is 13.7. The van der Waals surface area contributed by atoms with Gasteiger partial charge in [0.2, 0.25) is 0 Å². The summed E-state index contributed by atoms with van der Waals surface area (Å²) in [6, 6.07) is 4.17. The number of carbonyl (C=O) groups is 1. The molecule has 1 aliphatic heterocycles. The average Bonchev–Trinajstić information content (AvgIpc) is 2.40. The number of piperidine rings is 1. The van der Waals surface area contributed by atoms with Gasteiger partial charge < -0.3 is 9.64 Å². The van der Waals surface area contributed by atoms with Crippen molar-refractivity contribution >= 4 is 21.8 Å². The zero-order valence-corrected chi connectivity index (χ0v) is 11.6. The van der Waals surface area contributed by atoms with Crippen LogP contribution in [0, 0.1) is 5.82 Å². The summed E-state index contributed by atoms with van der Waals surface area (Å²) in [6.07, 6.45) is 3.28. The quantitative estimate of drug-likeness (QED) is 0.858. The van der Waals surface area contributed by atoms with E-state index in [1.807, 2.05) is 0 Å². The molecule has 0 bridgehead atoms. The topological polar surface area (TPSA) is 29.5 Å². The number of ether oxygens (including phenoxy) is 1. The molecule has 1 aromatic rings. The molecule has 2 rings (SSSR count). The highest BCUT2D eigenvalue weighted by Gasteiger charge is 2.17. The first-order valence-electron chi connectivity index (χ1n) is 6.02. The summed E-state index contributed by atoms with van der Waals surface area (Å²) in [5.74, 6) is -0.0511. The van der Waals surface area contributed by atoms with Crippen LogP contribution in [-0.4, -0.2) is 30.5 Å². The molecular weight excluding hydrogens is 301 g/mol. The second-order valence-electron chi connectivity index (χ2n) is 4.30. The highest BCUT2D eigenvalue weighted by molar-refractivity contribution is 9.10. The maximum Gasteiger partial charge on any atom is 0.260 e. The van der Waals surface area contributed by atoms with Crippen LogP contribution in [0.3, 0.4) is 0 Å². The van der Waals surface area contributed by atoms with Gasteiger partial charge in [-0.05, 0) is 47.3 Å². The molecule has 0 atom stereocenters. The fourth-order valence-electron chi connectivity index (χ4n) is 1.96. The molecule has 98 valence electrons. The van der Waals surface area contributed by atoms with Crippen molar-refractivity contribution in [3.63, 3.8) is 0 Å². The van der Waals surface area contributed by atoms with Crippen LogP contribution in [0.15, 0.2) is 22.7 Å². The van der Waals surface area contributed by atoms with Gasteiger partial charge in [0.05, 0.1) is 4.47 Å². The molecule has 5 heteroatoms. The van der Waals surface area contributed by atoms with Gasteiger partial charge in [-0.25, -0.2) is 4.39 Å². The fourth-order valence-corrected chi connectivity index (χ4v) is 2.32. The molecule has 0 aliphatic carbocycles. The Hall–Kier alpha value is -1.10. The van der Waals surface area contributed by atoms with Crippen molar-refractivity contribution in [3.8, 4) is 5.75 Å². The lowest BCUT2D eigenvalue weighted by Crippen LogP contribution is -2.38. The van der Waals surface area contributed by atoms with Crippen LogP contribution >= 0.6 is 15.9 Å². The molecule has 0 spiro atoms. The van der Waals surface area contributed by atoms with E-state index >= 15 is 0 Å². The maximum absolute atomic E-state index is 13.0. The molecule has 1 fully saturated rings. The summed E-state index contributed by atoms with van der Waals surface area (Å²) in [5, 5.41) is 0. The molecule has 1 aromatic carbocycles. The third-order valence-electron chi connectivity index (χ3n) is 2.95. The molecule has 0 radical (unpaired) electrons. The smallest absolute Gasteiger partial charge is 0.260 e. The Morgan fingerprint density at radius 1 is 1.33 bits per heavy atom. The number of benzene rings is 1. The van der Waals surface area contributed by atoms with Gasteiger partial charge in [-0.15, -0.1) is 0 Å². The van der Waals surface area contributed by atoms with Crippen LogP contribution < -0.4 is 4.74 Å². The van der Waals surface area contributed by atoms with Crippen molar-refractivity contribution in [2.75, 3.05) is 19.7 Å². The van der Waals surface area contributed by atoms with E-state index in [0.717, 1.165) is 25.9 Å². The molecule has 3 nitrogen and oxygen atoms in total. The van der Waals surface area contributed by atoms with Crippen molar-refractivity contribution in [3.05, 3.63) is 28.5 Å². The van der Waals surface area contributed by atoms with Gasteiger partial charge in [-0.3, -0.25) is 4.79 Å². The molecule has 0 unspecified atom stereocenters. The van der Waals surface area contributed by atoms with Crippen LogP contribution in [0.4, 0.5) is 4.39 Å². The summed E-state index contributed by atoms with van der Waals surface area (Å²) in [5.41, 5.74) is 0. The minimum absolute atomic E-state index is 0.0362. The first-order valence-corrected chi connectivity index (χ1v) is 6.82. The number of nitrogens with zero attached hydrogens (tertiary/aromatic N) is 1. The van der Waals surface area contributed by atoms with Gasteiger partial charge in [0, 0.05) is 19.2 Å². The predicted octanol–water partition coefficient (Wildman–Crippen LogP) is 2.98. The third-order valence-corrected chi connectivity index (χ3v) is 3.61. The van der Waals surface area contributed by atoms with E-state index in [2.05, 4.69) is 15.9 Å². The molecule has 18 heavy (non-hydrogen) atoms. The molecule has 1 saturated heterocycles. The van der Waals surface area contributed by atoms with Gasteiger partial charge >= 0.3 is 0 Å². The van der Waals surface area contributed by atoms with Gasteiger partial charge in [0.15, 0.2) is 6.61 Å². The molecular formula is C13H15BrFNO2. The van der Waals surface area contributed by atoms with E-state index in [9.17, 15) is 9.18 Å². The monoisotopic (exact) mass is 315 g/mol. The molecule has 1 aliphatic rings. The second-order valence-corrected chi connectivity index (χ2v) is 5.16. The SMILES string of the molecule is O=C(COc1cc(F)ccc1Br)N1CCCCC1. The van der Waals surface area contributed by atoms with Crippen LogP contribution in [0.25, 0.3) is 0 Å². The Morgan fingerprint density at radius 3 is 2.78 bits per heavy atom. The maximum atomic E-state index is 13.0. The van der Waals surface area contributed by atoms with Crippen molar-refractivity contribution in [2.24, 2.45) is 0 Å². The Morgan fingerprint density at radius 2 is 2.06 bits per heavy atom. The average molecular weight is 316 g/mol. The number of amides is 1. The predicted molar refractivity (Wildman–Crippen MR) is 70.0 cm³/mol. The van der Waals surface area contributed by atoms with Gasteiger partial charge in [0.1, 0.15) is 11.6 Å². The minimum Gasteiger partial charge on any atom is -0.482 e. The molecule has 1 amide bonds. The standard InChI is InChI=1S/C13H15BrFNO2/c14-11-5-4-10(15)8-12(11)18-9-13(17)16-6-2-1-3-7-16/h4-5,8H,1-3,6-7,9H2. The second kappa shape index (κ2) is 6.18. The van der Waals surface area contributed by atoms with Crippen molar-refractivity contribution in [1.29, 1.82) is 0 Å². The van der Waals surface area contributed by atoms with Crippen LogP contribution in [0.2, 0.25) is 0 Å². The largest absolute Gasteiger partial charge is 0.482 e. The highest BCUT2D eigenvalue weighted by atomic mass is 79.9. The van der Waals surface area contributed by atoms with Crippen molar-refractivity contribution in [1.82, 2.24) is 4.90 Å². The molecule has 0 saturated carbocycles. The normalized spacial score (nSPS) is 15.6. The Labute approximate surface area is 114 Å². The van der Waals surface area contributed by atoms with Crippen LogP contribution in [-0.2, 0) is 4.79 Å². The first kappa shape index (κ1) is 13.3. The van der Waals surface area contributed by atoms with E-state index < -0.39 is 0 Å². The number of likely N-dealkylation sites (tertiary alicyclic amines) is 1. The molecule has 0 N–H and O–H groups in total. The summed E-state index contributed by atoms with van der Waals surface area (Å²) in [6.45, 7) is 1.56. The number of carbonyl (C=O) groups excluding carboxylic acids is 1. The lowest BCUT2D eigenvalue weighted by Gasteiger charge is -2.26. The Bertz CT molecular complexity index is 433. The van der Waals surface area contributed by atoms with E-state index in [0.29, 0.717) is 10.2 Å². The number of hydrogen-bond donors (Lipinski definition) is 0. The lowest BCUT2D eigenvalue weighted by molar-refractivity contribution is -0.134. The fraction of sp³-hybridized carbons (Fsp3) is 0.462. The van der Waals surface area contributed by atoms with Gasteiger partial charge in [-0.2, -0.15) is 0 Å². The highest BCUT2D eigenvalue weighted by Crippen LogP contribution is 2.25. The zero-order valence-electron chi connectivity index (χ0n) is 9.99. The summed E-state index contributed by atoms with van der Waals surface area (Å²) < 4.78 is 19.0. The van der Waals surface area contributed by atoms with Gasteiger partial charge in [0.25, 0.3) is 5.91 Å². The molecule has 0 aromatic heterocycles. The van der Waals surface area contributed by atoms with E-state index in [1.165, 1.54) is 18.6 Å². The Balaban J connectivity index is 1.90. The van der Waals surface area contributed by atoms with Crippen molar-refractivity contribution < 1.29 is 13.9 Å². The van der Waals surface area contributed by atoms with Crippen LogP contribution in [0.1, 0.15) is 19.3 Å². The molecule has 1 heterocycles. The minimum atomic E-state index is -0.376. The number of hydrogen-bond acceptors (Lipinski definition) is 2. The first-order chi connectivity index (χ1) is 8.66. The summed E-state index contributed by atoms with van der Waals surface area (Å²) in [7, 11) is 0. The Kier molecular flexibility index (Phi) is 4.58. The number of rotatable bonds is 3. The van der Waals surface area contributed by atoms with Crippen LogP contribution in [0.5, 0.6) is 5.75 Å². The zero-order chi connectivity index (χ0) is 13.0.